The SMILES string of the molecule is NC[CH]Cc1cccc(O[N+](=O)[O-])c1. The van der Waals surface area contributed by atoms with Gasteiger partial charge in [-0.15, -0.1) is 10.1 Å². The van der Waals surface area contributed by atoms with Crippen molar-refractivity contribution in [3.8, 4) is 5.75 Å². The highest BCUT2D eigenvalue weighted by molar-refractivity contribution is 5.28. The molecule has 2 N–H and O–H groups in total. The number of hydrogen-bond acceptors (Lipinski definition) is 4. The number of hydrogen-bond donors (Lipinski definition) is 1. The Morgan fingerprint density at radius 3 is 3.00 bits per heavy atom. The minimum atomic E-state index is -0.828. The third-order valence-corrected chi connectivity index (χ3v) is 1.63. The Morgan fingerprint density at radius 1 is 1.57 bits per heavy atom. The smallest absolute Gasteiger partial charge is 0.299 e. The fraction of sp³-hybridized carbons (Fsp3) is 0.222. The Hall–Kier alpha value is -1.62. The van der Waals surface area contributed by atoms with Crippen molar-refractivity contribution in [2.24, 2.45) is 5.73 Å². The molecule has 0 aliphatic heterocycles. The van der Waals surface area contributed by atoms with Crippen LogP contribution in [0.4, 0.5) is 0 Å². The summed E-state index contributed by atoms with van der Waals surface area (Å²) in [6, 6.07) is 6.72. The first-order valence-corrected chi connectivity index (χ1v) is 4.15. The first-order valence-electron chi connectivity index (χ1n) is 4.15. The number of rotatable bonds is 5. The monoisotopic (exact) mass is 195 g/mol. The number of nitrogens with zero attached hydrogens (tertiary/aromatic N) is 1. The molecule has 1 radical (unpaired) electrons. The van der Waals surface area contributed by atoms with Crippen molar-refractivity contribution in [1.82, 2.24) is 0 Å². The lowest BCUT2D eigenvalue weighted by Gasteiger charge is -2.02. The Balaban J connectivity index is 2.63. The second-order valence-electron chi connectivity index (χ2n) is 2.69. The van der Waals surface area contributed by atoms with Crippen molar-refractivity contribution in [3.63, 3.8) is 0 Å². The summed E-state index contributed by atoms with van der Waals surface area (Å²) < 4.78 is 0. The molecule has 0 heterocycles. The van der Waals surface area contributed by atoms with E-state index in [1.54, 1.807) is 12.1 Å². The van der Waals surface area contributed by atoms with E-state index in [0.29, 0.717) is 13.0 Å². The molecule has 14 heavy (non-hydrogen) atoms. The standard InChI is InChI=1S/C9H11N2O3/c10-6-2-4-8-3-1-5-9(7-8)14-11(12)13/h1-3,5,7H,4,6,10H2. The van der Waals surface area contributed by atoms with Crippen LogP contribution in [0, 0.1) is 16.5 Å². The van der Waals surface area contributed by atoms with Gasteiger partial charge in [-0.25, -0.2) is 0 Å². The van der Waals surface area contributed by atoms with Crippen LogP contribution in [0.5, 0.6) is 5.75 Å². The third kappa shape index (κ3) is 3.40. The van der Waals surface area contributed by atoms with Crippen LogP contribution < -0.4 is 10.6 Å². The van der Waals surface area contributed by atoms with Gasteiger partial charge < -0.3 is 5.73 Å². The lowest BCUT2D eigenvalue weighted by atomic mass is 10.1. The predicted octanol–water partition coefficient (Wildman–Crippen LogP) is 0.963. The van der Waals surface area contributed by atoms with E-state index in [1.165, 1.54) is 6.07 Å². The van der Waals surface area contributed by atoms with Gasteiger partial charge in [-0.2, -0.15) is 0 Å². The van der Waals surface area contributed by atoms with E-state index in [9.17, 15) is 10.1 Å². The molecule has 75 valence electrons. The van der Waals surface area contributed by atoms with E-state index >= 15 is 0 Å². The second kappa shape index (κ2) is 5.18. The highest BCUT2D eigenvalue weighted by Gasteiger charge is 2.00. The quantitative estimate of drug-likeness (QED) is 0.560. The Kier molecular flexibility index (Phi) is 3.87. The van der Waals surface area contributed by atoms with Gasteiger partial charge >= 0.3 is 0 Å². The zero-order valence-electron chi connectivity index (χ0n) is 7.55. The molecule has 0 fully saturated rings. The van der Waals surface area contributed by atoms with E-state index in [4.69, 9.17) is 5.73 Å². The molecule has 0 saturated carbocycles. The lowest BCUT2D eigenvalue weighted by Crippen LogP contribution is -2.04. The second-order valence-corrected chi connectivity index (χ2v) is 2.69. The zero-order chi connectivity index (χ0) is 10.4. The van der Waals surface area contributed by atoms with Gasteiger partial charge in [-0.05, 0) is 37.1 Å². The predicted molar refractivity (Wildman–Crippen MR) is 51.1 cm³/mol. The fourth-order valence-electron chi connectivity index (χ4n) is 1.07. The van der Waals surface area contributed by atoms with E-state index in [-0.39, 0.29) is 5.75 Å². The highest BCUT2D eigenvalue weighted by atomic mass is 17.0. The van der Waals surface area contributed by atoms with Crippen LogP contribution in [-0.2, 0) is 6.42 Å². The maximum absolute atomic E-state index is 10.0. The van der Waals surface area contributed by atoms with Gasteiger partial charge in [0.05, 0.1) is 0 Å². The summed E-state index contributed by atoms with van der Waals surface area (Å²) in [5.74, 6) is 0.234. The normalized spacial score (nSPS) is 9.79. The van der Waals surface area contributed by atoms with Crippen molar-refractivity contribution in [2.75, 3.05) is 6.54 Å². The molecule has 1 aromatic carbocycles. The molecule has 0 aromatic heterocycles. The number of nitrogens with two attached hydrogens (primary N) is 1. The molecule has 5 nitrogen and oxygen atoms in total. The number of benzene rings is 1. The molecule has 0 aliphatic rings. The van der Waals surface area contributed by atoms with E-state index in [1.807, 2.05) is 12.5 Å². The Labute approximate surface area is 81.6 Å². The minimum Gasteiger partial charge on any atom is -0.330 e. The minimum absolute atomic E-state index is 0.234. The van der Waals surface area contributed by atoms with Crippen molar-refractivity contribution < 1.29 is 9.92 Å². The van der Waals surface area contributed by atoms with Gasteiger partial charge in [-0.3, -0.25) is 4.84 Å². The lowest BCUT2D eigenvalue weighted by molar-refractivity contribution is -0.711. The Morgan fingerprint density at radius 2 is 2.36 bits per heavy atom. The fourth-order valence-corrected chi connectivity index (χ4v) is 1.07. The van der Waals surface area contributed by atoms with Crippen LogP contribution in [0.1, 0.15) is 5.56 Å². The first-order chi connectivity index (χ1) is 6.72. The van der Waals surface area contributed by atoms with Crippen LogP contribution in [0.25, 0.3) is 0 Å². The van der Waals surface area contributed by atoms with Gasteiger partial charge in [0.2, 0.25) is 0 Å². The molecular formula is C9H11N2O3. The topological polar surface area (TPSA) is 78.4 Å². The van der Waals surface area contributed by atoms with Gasteiger partial charge in [0, 0.05) is 0 Å². The van der Waals surface area contributed by atoms with Gasteiger partial charge in [0.15, 0.2) is 0 Å². The molecule has 0 atom stereocenters. The Bertz CT molecular complexity index is 315. The van der Waals surface area contributed by atoms with Crippen molar-refractivity contribution in [2.45, 2.75) is 6.42 Å². The molecule has 5 heteroatoms. The molecule has 1 rings (SSSR count). The maximum atomic E-state index is 10.0. The molecule has 0 spiro atoms. The van der Waals surface area contributed by atoms with Crippen molar-refractivity contribution in [3.05, 3.63) is 46.4 Å². The van der Waals surface area contributed by atoms with E-state index in [0.717, 1.165) is 5.56 Å². The highest BCUT2D eigenvalue weighted by Crippen LogP contribution is 2.14. The molecule has 0 amide bonds. The summed E-state index contributed by atoms with van der Waals surface area (Å²) >= 11 is 0. The average molecular weight is 195 g/mol. The molecule has 0 aliphatic carbocycles. The van der Waals surface area contributed by atoms with Crippen LogP contribution in [0.3, 0.4) is 0 Å². The summed E-state index contributed by atoms with van der Waals surface area (Å²) in [7, 11) is 0. The van der Waals surface area contributed by atoms with Gasteiger partial charge in [-0.1, -0.05) is 12.1 Å². The zero-order valence-corrected chi connectivity index (χ0v) is 7.55. The summed E-state index contributed by atoms with van der Waals surface area (Å²) in [6.07, 6.45) is 2.57. The molecule has 0 bridgehead atoms. The maximum Gasteiger partial charge on any atom is 0.299 e. The molecule has 0 saturated heterocycles. The summed E-state index contributed by atoms with van der Waals surface area (Å²) in [6.45, 7) is 0.486. The van der Waals surface area contributed by atoms with Crippen LogP contribution in [0.15, 0.2) is 24.3 Å². The summed E-state index contributed by atoms with van der Waals surface area (Å²) in [5.41, 5.74) is 6.24. The largest absolute Gasteiger partial charge is 0.330 e. The third-order valence-electron chi connectivity index (χ3n) is 1.63. The van der Waals surface area contributed by atoms with Crippen molar-refractivity contribution >= 4 is 0 Å². The summed E-state index contributed by atoms with van der Waals surface area (Å²) in [4.78, 5) is 14.4. The van der Waals surface area contributed by atoms with Gasteiger partial charge in [0.25, 0.3) is 5.09 Å². The molecular weight excluding hydrogens is 184 g/mol. The average Bonchev–Trinajstić information content (AvgIpc) is 2.14. The van der Waals surface area contributed by atoms with Gasteiger partial charge in [0.1, 0.15) is 5.75 Å². The van der Waals surface area contributed by atoms with E-state index < -0.39 is 5.09 Å². The van der Waals surface area contributed by atoms with Crippen LogP contribution >= 0.6 is 0 Å². The molecule has 0 unspecified atom stereocenters. The molecule has 1 aromatic rings. The summed E-state index contributed by atoms with van der Waals surface area (Å²) in [5, 5.41) is 9.22. The van der Waals surface area contributed by atoms with Crippen molar-refractivity contribution in [1.29, 1.82) is 0 Å². The van der Waals surface area contributed by atoms with Crippen LogP contribution in [0.2, 0.25) is 0 Å². The van der Waals surface area contributed by atoms with Crippen LogP contribution in [-0.4, -0.2) is 11.6 Å². The first kappa shape index (κ1) is 10.5. The van der Waals surface area contributed by atoms with E-state index in [2.05, 4.69) is 4.84 Å².